The van der Waals surface area contributed by atoms with Crippen molar-refractivity contribution in [1.82, 2.24) is 0 Å². The Morgan fingerprint density at radius 2 is 0.586 bits per heavy atom. The van der Waals surface area contributed by atoms with Crippen LogP contribution in [0.1, 0.15) is 220 Å². The molecule has 0 aromatic heterocycles. The van der Waals surface area contributed by atoms with E-state index in [-0.39, 0.29) is 31.6 Å². The summed E-state index contributed by atoms with van der Waals surface area (Å²) in [4.78, 5) is 37.9. The maximum Gasteiger partial charge on any atom is 0.306 e. The summed E-state index contributed by atoms with van der Waals surface area (Å²) < 4.78 is 16.7. The van der Waals surface area contributed by atoms with Gasteiger partial charge in [0.2, 0.25) is 0 Å². The van der Waals surface area contributed by atoms with Crippen molar-refractivity contribution >= 4 is 17.9 Å². The van der Waals surface area contributed by atoms with Gasteiger partial charge in [-0.2, -0.15) is 0 Å². The SMILES string of the molecule is CC/C=C\C/C=C\C/C=C\C/C=C\C/C=C\C/C=C\CCCCCCCCC(=O)OCC(COC(=O)CCCCCCCCCC)OC(=O)CC/C=C\C/C=C\C/C=C\C/C=C\C/C=C\C/C=C\CC. The lowest BCUT2D eigenvalue weighted by Gasteiger charge is -2.18. The largest absolute Gasteiger partial charge is 0.462 e. The number of rotatable bonds is 48. The second-order valence-electron chi connectivity index (χ2n) is 17.7. The van der Waals surface area contributed by atoms with Crippen LogP contribution in [0.2, 0.25) is 0 Å². The topological polar surface area (TPSA) is 78.9 Å². The Morgan fingerprint density at radius 1 is 0.300 bits per heavy atom. The van der Waals surface area contributed by atoms with Crippen LogP contribution >= 0.6 is 0 Å². The third-order valence-electron chi connectivity index (χ3n) is 11.1. The first-order valence-corrected chi connectivity index (χ1v) is 27.8. The van der Waals surface area contributed by atoms with Crippen LogP contribution in [-0.4, -0.2) is 37.2 Å². The summed E-state index contributed by atoms with van der Waals surface area (Å²) >= 11 is 0. The van der Waals surface area contributed by atoms with E-state index < -0.39 is 12.1 Å². The highest BCUT2D eigenvalue weighted by Gasteiger charge is 2.19. The molecule has 0 spiro atoms. The Labute approximate surface area is 429 Å². The van der Waals surface area contributed by atoms with Crippen molar-refractivity contribution in [1.29, 1.82) is 0 Å². The Bertz CT molecular complexity index is 1580. The van der Waals surface area contributed by atoms with Crippen molar-refractivity contribution < 1.29 is 28.6 Å². The number of hydrogen-bond acceptors (Lipinski definition) is 6. The summed E-state index contributed by atoms with van der Waals surface area (Å²) in [6.45, 7) is 6.28. The third-order valence-corrected chi connectivity index (χ3v) is 11.1. The number of hydrogen-bond donors (Lipinski definition) is 0. The predicted molar refractivity (Wildman–Crippen MR) is 302 cm³/mol. The van der Waals surface area contributed by atoms with Crippen LogP contribution in [0.15, 0.2) is 146 Å². The van der Waals surface area contributed by atoms with Crippen molar-refractivity contribution in [2.24, 2.45) is 0 Å². The zero-order valence-electron chi connectivity index (χ0n) is 44.7. The molecule has 0 fully saturated rings. The van der Waals surface area contributed by atoms with Gasteiger partial charge in [-0.1, -0.05) is 237 Å². The van der Waals surface area contributed by atoms with E-state index >= 15 is 0 Å². The number of esters is 3. The lowest BCUT2D eigenvalue weighted by Crippen LogP contribution is -2.30. The third kappa shape index (κ3) is 54.2. The quantitative estimate of drug-likeness (QED) is 0.0262. The van der Waals surface area contributed by atoms with Crippen molar-refractivity contribution in [3.63, 3.8) is 0 Å². The first kappa shape index (κ1) is 65.3. The Kier molecular flexibility index (Phi) is 53.0. The second kappa shape index (κ2) is 56.9. The zero-order chi connectivity index (χ0) is 50.7. The molecule has 0 amide bonds. The molecule has 392 valence electrons. The Balaban J connectivity index is 4.41. The molecule has 6 heteroatoms. The molecule has 0 N–H and O–H groups in total. The smallest absolute Gasteiger partial charge is 0.306 e. The Morgan fingerprint density at radius 3 is 0.929 bits per heavy atom. The summed E-state index contributed by atoms with van der Waals surface area (Å²) in [5.41, 5.74) is 0. The van der Waals surface area contributed by atoms with E-state index in [9.17, 15) is 14.4 Å². The van der Waals surface area contributed by atoms with Crippen molar-refractivity contribution in [3.8, 4) is 0 Å². The molecule has 0 heterocycles. The van der Waals surface area contributed by atoms with E-state index in [1.165, 1.54) is 44.9 Å². The monoisotopic (exact) mass is 965 g/mol. The van der Waals surface area contributed by atoms with Gasteiger partial charge in [-0.3, -0.25) is 14.4 Å². The van der Waals surface area contributed by atoms with Crippen molar-refractivity contribution in [2.75, 3.05) is 13.2 Å². The minimum Gasteiger partial charge on any atom is -0.462 e. The fourth-order valence-electron chi connectivity index (χ4n) is 7.00. The van der Waals surface area contributed by atoms with Gasteiger partial charge >= 0.3 is 17.9 Å². The summed E-state index contributed by atoms with van der Waals surface area (Å²) in [7, 11) is 0. The second-order valence-corrected chi connectivity index (χ2v) is 17.7. The molecule has 0 aliphatic carbocycles. The zero-order valence-corrected chi connectivity index (χ0v) is 44.7. The molecule has 6 nitrogen and oxygen atoms in total. The first-order chi connectivity index (χ1) is 34.5. The minimum absolute atomic E-state index is 0.118. The van der Waals surface area contributed by atoms with Gasteiger partial charge in [0.25, 0.3) is 0 Å². The molecule has 1 unspecified atom stereocenters. The van der Waals surface area contributed by atoms with E-state index in [1.807, 2.05) is 12.2 Å². The molecule has 0 aromatic carbocycles. The molecule has 0 bridgehead atoms. The lowest BCUT2D eigenvalue weighted by molar-refractivity contribution is -0.166. The first-order valence-electron chi connectivity index (χ1n) is 27.8. The van der Waals surface area contributed by atoms with Crippen molar-refractivity contribution in [2.45, 2.75) is 226 Å². The standard InChI is InChI=1S/C64H100O6/c1-4-7-10-13-16-19-21-23-25-27-29-30-31-32-33-34-36-37-39-41-43-45-48-51-54-57-63(66)69-60-61(59-68-62(65)56-53-50-47-18-15-12-9-6-3)70-64(67)58-55-52-49-46-44-42-40-38-35-28-26-24-22-20-17-14-11-8-5-2/h7-8,10-11,16-17,19-20,23-26,29-30,32-33,35-38,42,44,49,52,61H,4-6,9,12-15,18,21-22,27-28,31,34,39-41,43,45-48,50-51,53-60H2,1-3H3/b10-7-,11-8-,19-16-,20-17-,25-23-,26-24-,30-29-,33-32-,37-36-,38-35-,44-42-,52-49-. The average Bonchev–Trinajstić information content (AvgIpc) is 3.36. The lowest BCUT2D eigenvalue weighted by atomic mass is 10.1. The van der Waals surface area contributed by atoms with E-state index in [1.54, 1.807) is 0 Å². The molecule has 0 aliphatic rings. The molecule has 0 aliphatic heterocycles. The van der Waals surface area contributed by atoms with Gasteiger partial charge < -0.3 is 14.2 Å². The average molecular weight is 965 g/mol. The van der Waals surface area contributed by atoms with Crippen LogP contribution in [0.3, 0.4) is 0 Å². The van der Waals surface area contributed by atoms with Crippen LogP contribution in [0.25, 0.3) is 0 Å². The molecule has 0 rings (SSSR count). The molecular formula is C64H100O6. The van der Waals surface area contributed by atoms with E-state index in [2.05, 4.69) is 154 Å². The van der Waals surface area contributed by atoms with Crippen LogP contribution in [0.4, 0.5) is 0 Å². The van der Waals surface area contributed by atoms with Gasteiger partial charge in [0.15, 0.2) is 6.10 Å². The normalized spacial score (nSPS) is 13.2. The van der Waals surface area contributed by atoms with Crippen LogP contribution in [-0.2, 0) is 28.6 Å². The van der Waals surface area contributed by atoms with Gasteiger partial charge in [0, 0.05) is 19.3 Å². The van der Waals surface area contributed by atoms with E-state index in [0.29, 0.717) is 19.3 Å². The fraction of sp³-hybridized carbons (Fsp3) is 0.578. The van der Waals surface area contributed by atoms with E-state index in [4.69, 9.17) is 14.2 Å². The van der Waals surface area contributed by atoms with Crippen LogP contribution in [0, 0.1) is 0 Å². The van der Waals surface area contributed by atoms with Gasteiger partial charge in [0.05, 0.1) is 0 Å². The minimum atomic E-state index is -0.828. The predicted octanol–water partition coefficient (Wildman–Crippen LogP) is 18.8. The van der Waals surface area contributed by atoms with Crippen molar-refractivity contribution in [3.05, 3.63) is 146 Å². The van der Waals surface area contributed by atoms with Crippen LogP contribution in [0.5, 0.6) is 0 Å². The summed E-state index contributed by atoms with van der Waals surface area (Å²) in [5, 5.41) is 0. The highest BCUT2D eigenvalue weighted by atomic mass is 16.6. The molecule has 0 saturated heterocycles. The van der Waals surface area contributed by atoms with Gasteiger partial charge in [0.1, 0.15) is 13.2 Å². The van der Waals surface area contributed by atoms with Gasteiger partial charge in [-0.25, -0.2) is 0 Å². The van der Waals surface area contributed by atoms with Gasteiger partial charge in [-0.05, 0) is 109 Å². The summed E-state index contributed by atoms with van der Waals surface area (Å²) in [6, 6.07) is 0. The number of allylic oxidation sites excluding steroid dienone is 24. The van der Waals surface area contributed by atoms with E-state index in [0.717, 1.165) is 128 Å². The highest BCUT2D eigenvalue weighted by Crippen LogP contribution is 2.13. The Hall–Kier alpha value is -4.71. The molecule has 0 saturated carbocycles. The maximum atomic E-state index is 12.8. The van der Waals surface area contributed by atoms with Gasteiger partial charge in [-0.15, -0.1) is 0 Å². The number of carbonyl (C=O) groups is 3. The summed E-state index contributed by atoms with van der Waals surface area (Å²) in [5.74, 6) is -1.03. The number of carbonyl (C=O) groups excluding carboxylic acids is 3. The van der Waals surface area contributed by atoms with Crippen LogP contribution < -0.4 is 0 Å². The number of ether oxygens (including phenoxy) is 3. The molecule has 70 heavy (non-hydrogen) atoms. The summed E-state index contributed by atoms with van der Waals surface area (Å²) in [6.07, 6.45) is 81.4. The molecule has 0 radical (unpaired) electrons. The molecule has 1 atom stereocenters. The highest BCUT2D eigenvalue weighted by molar-refractivity contribution is 5.71. The number of unbranched alkanes of at least 4 members (excludes halogenated alkanes) is 13. The fourth-order valence-corrected chi connectivity index (χ4v) is 7.00. The maximum absolute atomic E-state index is 12.8. The molecular weight excluding hydrogens is 865 g/mol. The molecule has 0 aromatic rings.